The van der Waals surface area contributed by atoms with Crippen LogP contribution in [0.3, 0.4) is 0 Å². The van der Waals surface area contributed by atoms with Crippen molar-refractivity contribution in [1.29, 1.82) is 0 Å². The molecule has 7 heteroatoms. The van der Waals surface area contributed by atoms with Crippen LogP contribution in [0, 0.1) is 0 Å². The van der Waals surface area contributed by atoms with Crippen LogP contribution < -0.4 is 4.74 Å². The van der Waals surface area contributed by atoms with Crippen molar-refractivity contribution in [3.05, 3.63) is 77.6 Å². The van der Waals surface area contributed by atoms with Gasteiger partial charge < -0.3 is 9.30 Å². The normalized spacial score (nSPS) is 11.7. The molecule has 1 heterocycles. The summed E-state index contributed by atoms with van der Waals surface area (Å²) in [5.74, 6) is 0.845. The molecule has 2 aromatic carbocycles. The van der Waals surface area contributed by atoms with E-state index in [4.69, 9.17) is 4.74 Å². The first-order chi connectivity index (χ1) is 14.4. The Morgan fingerprint density at radius 1 is 1.03 bits per heavy atom. The van der Waals surface area contributed by atoms with Crippen LogP contribution in [0.5, 0.6) is 5.75 Å². The van der Waals surface area contributed by atoms with Crippen molar-refractivity contribution in [2.45, 2.75) is 37.6 Å². The fourth-order valence-corrected chi connectivity index (χ4v) is 4.45. The van der Waals surface area contributed by atoms with E-state index in [0.717, 1.165) is 29.8 Å². The number of methoxy groups -OCH3 is 1. The Kier molecular flexibility index (Phi) is 7.29. The number of para-hydroxylation sites is 1. The van der Waals surface area contributed by atoms with Crippen molar-refractivity contribution in [1.82, 2.24) is 14.5 Å². The number of aryl methyl sites for hydroxylation is 1. The molecular formula is C23H29N3O3S. The zero-order chi connectivity index (χ0) is 21.6. The first-order valence-electron chi connectivity index (χ1n) is 9.97. The molecule has 0 N–H and O–H groups in total. The van der Waals surface area contributed by atoms with E-state index in [-0.39, 0.29) is 5.16 Å². The molecule has 0 aliphatic heterocycles. The molecule has 0 saturated heterocycles. The summed E-state index contributed by atoms with van der Waals surface area (Å²) >= 11 is 0. The van der Waals surface area contributed by atoms with Crippen molar-refractivity contribution in [3.63, 3.8) is 0 Å². The van der Waals surface area contributed by atoms with Crippen LogP contribution in [0.15, 0.2) is 66.0 Å². The number of nitrogens with zero attached hydrogens (tertiary/aromatic N) is 3. The number of aromatic nitrogens is 2. The highest BCUT2D eigenvalue weighted by Crippen LogP contribution is 2.21. The maximum absolute atomic E-state index is 12.2. The van der Waals surface area contributed by atoms with Gasteiger partial charge in [0.25, 0.3) is 0 Å². The van der Waals surface area contributed by atoms with Crippen molar-refractivity contribution in [2.24, 2.45) is 0 Å². The van der Waals surface area contributed by atoms with Gasteiger partial charge in [-0.15, -0.1) is 0 Å². The molecule has 0 radical (unpaired) electrons. The van der Waals surface area contributed by atoms with Gasteiger partial charge in [0.1, 0.15) is 5.75 Å². The third-order valence-corrected chi connectivity index (χ3v) is 5.98. The van der Waals surface area contributed by atoms with Gasteiger partial charge >= 0.3 is 0 Å². The largest absolute Gasteiger partial charge is 0.496 e. The molecule has 3 rings (SSSR count). The second kappa shape index (κ2) is 9.91. The van der Waals surface area contributed by atoms with Crippen LogP contribution in [0.1, 0.15) is 23.2 Å². The number of ether oxygens (including phenoxy) is 1. The third-order valence-electron chi connectivity index (χ3n) is 4.99. The minimum absolute atomic E-state index is 0.135. The molecule has 3 aromatic rings. The molecule has 0 unspecified atom stereocenters. The minimum Gasteiger partial charge on any atom is -0.496 e. The van der Waals surface area contributed by atoms with Gasteiger partial charge in [-0.1, -0.05) is 48.5 Å². The second-order valence-corrected chi connectivity index (χ2v) is 9.44. The molecule has 0 spiro atoms. The van der Waals surface area contributed by atoms with Crippen LogP contribution in [0.25, 0.3) is 0 Å². The first-order valence-corrected chi connectivity index (χ1v) is 11.9. The fraction of sp³-hybridized carbons (Fsp3) is 0.348. The van der Waals surface area contributed by atoms with Gasteiger partial charge in [0.15, 0.2) is 0 Å². The van der Waals surface area contributed by atoms with Crippen molar-refractivity contribution in [2.75, 3.05) is 20.4 Å². The van der Waals surface area contributed by atoms with E-state index >= 15 is 0 Å². The van der Waals surface area contributed by atoms with Crippen LogP contribution in [0.2, 0.25) is 0 Å². The lowest BCUT2D eigenvalue weighted by molar-refractivity contribution is 0.299. The molecule has 0 fully saturated rings. The first kappa shape index (κ1) is 22.1. The molecule has 30 heavy (non-hydrogen) atoms. The van der Waals surface area contributed by atoms with Crippen molar-refractivity contribution in [3.8, 4) is 5.75 Å². The summed E-state index contributed by atoms with van der Waals surface area (Å²) in [6, 6.07) is 18.1. The summed E-state index contributed by atoms with van der Waals surface area (Å²) in [5, 5.41) is 0.135. The molecule has 6 nitrogen and oxygen atoms in total. The molecular weight excluding hydrogens is 398 g/mol. The lowest BCUT2D eigenvalue weighted by Gasteiger charge is -2.20. The smallest absolute Gasteiger partial charge is 0.227 e. The summed E-state index contributed by atoms with van der Waals surface area (Å²) < 4.78 is 31.8. The van der Waals surface area contributed by atoms with E-state index in [2.05, 4.69) is 22.0 Å². The Labute approximate surface area is 179 Å². The number of hydrogen-bond acceptors (Lipinski definition) is 5. The molecule has 0 saturated carbocycles. The zero-order valence-corrected chi connectivity index (χ0v) is 18.6. The Bertz CT molecular complexity index is 1060. The van der Waals surface area contributed by atoms with E-state index in [1.54, 1.807) is 13.3 Å². The monoisotopic (exact) mass is 427 g/mol. The number of benzene rings is 2. The van der Waals surface area contributed by atoms with Gasteiger partial charge in [-0.3, -0.25) is 4.90 Å². The predicted molar refractivity (Wildman–Crippen MR) is 118 cm³/mol. The van der Waals surface area contributed by atoms with Gasteiger partial charge in [-0.25, -0.2) is 13.4 Å². The van der Waals surface area contributed by atoms with E-state index in [1.165, 1.54) is 11.8 Å². The van der Waals surface area contributed by atoms with Crippen LogP contribution >= 0.6 is 0 Å². The van der Waals surface area contributed by atoms with E-state index < -0.39 is 9.84 Å². The van der Waals surface area contributed by atoms with Gasteiger partial charge in [0, 0.05) is 31.5 Å². The van der Waals surface area contributed by atoms with E-state index in [9.17, 15) is 8.42 Å². The van der Waals surface area contributed by atoms with Gasteiger partial charge in [-0.2, -0.15) is 0 Å². The molecule has 0 atom stereocenters. The predicted octanol–water partition coefficient (Wildman–Crippen LogP) is 3.56. The molecule has 0 aliphatic rings. The highest BCUT2D eigenvalue weighted by Gasteiger charge is 2.19. The molecule has 0 bridgehead atoms. The Balaban J connectivity index is 1.74. The van der Waals surface area contributed by atoms with Crippen LogP contribution in [-0.4, -0.2) is 43.3 Å². The average Bonchev–Trinajstić information content (AvgIpc) is 3.12. The lowest BCUT2D eigenvalue weighted by atomic mass is 10.1. The minimum atomic E-state index is -3.40. The number of hydrogen-bond donors (Lipinski definition) is 0. The molecule has 0 aliphatic carbocycles. The fourth-order valence-electron chi connectivity index (χ4n) is 3.60. The summed E-state index contributed by atoms with van der Waals surface area (Å²) in [4.78, 5) is 6.36. The Hall–Kier alpha value is -2.64. The van der Waals surface area contributed by atoms with Crippen molar-refractivity contribution >= 4 is 9.84 Å². The summed E-state index contributed by atoms with van der Waals surface area (Å²) in [7, 11) is 0.274. The van der Waals surface area contributed by atoms with Gasteiger partial charge in [0.05, 0.1) is 19.0 Å². The van der Waals surface area contributed by atoms with Crippen LogP contribution in [-0.2, 0) is 35.9 Å². The Morgan fingerprint density at radius 2 is 1.73 bits per heavy atom. The lowest BCUT2D eigenvalue weighted by Crippen LogP contribution is -2.21. The quantitative estimate of drug-likeness (QED) is 0.495. The van der Waals surface area contributed by atoms with E-state index in [0.29, 0.717) is 19.6 Å². The topological polar surface area (TPSA) is 64.4 Å². The number of imidazole rings is 1. The second-order valence-electron chi connectivity index (χ2n) is 7.53. The Morgan fingerprint density at radius 3 is 2.43 bits per heavy atom. The highest BCUT2D eigenvalue weighted by molar-refractivity contribution is 7.90. The molecule has 1 aromatic heterocycles. The van der Waals surface area contributed by atoms with Crippen LogP contribution in [0.4, 0.5) is 0 Å². The molecule has 160 valence electrons. The highest BCUT2D eigenvalue weighted by atomic mass is 32.2. The molecule has 0 amide bonds. The average molecular weight is 428 g/mol. The summed E-state index contributed by atoms with van der Waals surface area (Å²) in [6.45, 7) is 1.88. The standard InChI is InChI=1S/C23H29N3O3S/c1-25(17-20-13-7-8-14-22(20)29-2)18-21-16-24-23(30(3,27)28)26(21)15-9-12-19-10-5-4-6-11-19/h4-8,10-11,13-14,16H,9,12,15,17-18H2,1-3H3. The van der Waals surface area contributed by atoms with Gasteiger partial charge in [-0.05, 0) is 31.5 Å². The number of rotatable bonds is 10. The SMILES string of the molecule is COc1ccccc1CN(C)Cc1cnc(S(C)(=O)=O)n1CCCc1ccccc1. The maximum atomic E-state index is 12.2. The van der Waals surface area contributed by atoms with Crippen molar-refractivity contribution < 1.29 is 13.2 Å². The van der Waals surface area contributed by atoms with E-state index in [1.807, 2.05) is 54.1 Å². The third kappa shape index (κ3) is 5.70. The summed E-state index contributed by atoms with van der Waals surface area (Å²) in [6.07, 6.45) is 4.62. The summed E-state index contributed by atoms with van der Waals surface area (Å²) in [5.41, 5.74) is 3.22. The number of sulfone groups is 1. The zero-order valence-electron chi connectivity index (χ0n) is 17.8. The van der Waals surface area contributed by atoms with Gasteiger partial charge in [0.2, 0.25) is 15.0 Å². The maximum Gasteiger partial charge on any atom is 0.227 e.